The predicted octanol–water partition coefficient (Wildman–Crippen LogP) is 2.70. The van der Waals surface area contributed by atoms with Gasteiger partial charge in [-0.05, 0) is 38.0 Å². The van der Waals surface area contributed by atoms with Crippen LogP contribution in [0, 0.1) is 0 Å². The van der Waals surface area contributed by atoms with E-state index in [-0.39, 0.29) is 24.0 Å². The Morgan fingerprint density at radius 1 is 1.27 bits per heavy atom. The van der Waals surface area contributed by atoms with Gasteiger partial charge in [-0.1, -0.05) is 19.1 Å². The number of methoxy groups -OCH3 is 1. The highest BCUT2D eigenvalue weighted by molar-refractivity contribution is 14.0. The summed E-state index contributed by atoms with van der Waals surface area (Å²) in [6.45, 7) is 7.35. The standard InChI is InChI=1S/C16H27N3O2.HI/c1-5-12(3)19-16(17-6-2)18-11-15(20)13-7-9-14(21-4)10-8-13;/h7-10,12,15,20H,5-6,11H2,1-4H3,(H2,17,18,19);1H. The number of rotatable bonds is 7. The summed E-state index contributed by atoms with van der Waals surface area (Å²) >= 11 is 0. The summed E-state index contributed by atoms with van der Waals surface area (Å²) in [6.07, 6.45) is 0.397. The van der Waals surface area contributed by atoms with Crippen molar-refractivity contribution in [2.24, 2.45) is 4.99 Å². The minimum atomic E-state index is -0.622. The third-order valence-electron chi connectivity index (χ3n) is 3.26. The fraction of sp³-hybridized carbons (Fsp3) is 0.562. The first-order valence-electron chi connectivity index (χ1n) is 7.47. The van der Waals surface area contributed by atoms with Crippen molar-refractivity contribution in [3.63, 3.8) is 0 Å². The lowest BCUT2D eigenvalue weighted by Crippen LogP contribution is -2.42. The number of aliphatic imine (C=N–C) groups is 1. The van der Waals surface area contributed by atoms with Crippen LogP contribution in [0.4, 0.5) is 0 Å². The summed E-state index contributed by atoms with van der Waals surface area (Å²) in [6, 6.07) is 7.73. The molecule has 0 saturated carbocycles. The average molecular weight is 421 g/mol. The second-order valence-electron chi connectivity index (χ2n) is 4.96. The number of hydrogen-bond acceptors (Lipinski definition) is 3. The number of ether oxygens (including phenoxy) is 1. The number of hydrogen-bond donors (Lipinski definition) is 3. The van der Waals surface area contributed by atoms with Crippen molar-refractivity contribution in [2.75, 3.05) is 20.2 Å². The first-order chi connectivity index (χ1) is 10.1. The maximum atomic E-state index is 10.2. The van der Waals surface area contributed by atoms with Crippen LogP contribution in [0.2, 0.25) is 0 Å². The number of halogens is 1. The van der Waals surface area contributed by atoms with Crippen LogP contribution in [0.25, 0.3) is 0 Å². The fourth-order valence-corrected chi connectivity index (χ4v) is 1.76. The van der Waals surface area contributed by atoms with Crippen molar-refractivity contribution in [2.45, 2.75) is 39.3 Å². The summed E-state index contributed by atoms with van der Waals surface area (Å²) in [7, 11) is 1.62. The summed E-state index contributed by atoms with van der Waals surface area (Å²) in [5.74, 6) is 1.51. The van der Waals surface area contributed by atoms with Gasteiger partial charge < -0.3 is 20.5 Å². The van der Waals surface area contributed by atoms with Crippen LogP contribution in [0.1, 0.15) is 38.9 Å². The molecule has 0 bridgehead atoms. The molecule has 6 heteroatoms. The van der Waals surface area contributed by atoms with Crippen LogP contribution < -0.4 is 15.4 Å². The van der Waals surface area contributed by atoms with Crippen LogP contribution in [-0.4, -0.2) is 37.3 Å². The van der Waals surface area contributed by atoms with Gasteiger partial charge in [-0.2, -0.15) is 0 Å². The first-order valence-corrected chi connectivity index (χ1v) is 7.47. The molecule has 0 spiro atoms. The van der Waals surface area contributed by atoms with Crippen molar-refractivity contribution in [1.29, 1.82) is 0 Å². The molecule has 3 N–H and O–H groups in total. The summed E-state index contributed by atoms with van der Waals surface area (Å²) in [4.78, 5) is 4.43. The van der Waals surface area contributed by atoms with E-state index in [0.717, 1.165) is 30.2 Å². The molecular weight excluding hydrogens is 393 g/mol. The lowest BCUT2D eigenvalue weighted by molar-refractivity contribution is 0.187. The third-order valence-corrected chi connectivity index (χ3v) is 3.26. The van der Waals surface area contributed by atoms with Gasteiger partial charge in [0.2, 0.25) is 0 Å². The van der Waals surface area contributed by atoms with Gasteiger partial charge in [-0.15, -0.1) is 24.0 Å². The maximum Gasteiger partial charge on any atom is 0.191 e. The molecule has 5 nitrogen and oxygen atoms in total. The lowest BCUT2D eigenvalue weighted by Gasteiger charge is -2.17. The topological polar surface area (TPSA) is 65.9 Å². The number of nitrogens with one attached hydrogen (secondary N) is 2. The maximum absolute atomic E-state index is 10.2. The minimum Gasteiger partial charge on any atom is -0.497 e. The number of aliphatic hydroxyl groups excluding tert-OH is 1. The van der Waals surface area contributed by atoms with Gasteiger partial charge in [0.15, 0.2) is 5.96 Å². The van der Waals surface area contributed by atoms with E-state index in [2.05, 4.69) is 29.5 Å². The molecular formula is C16H28IN3O2. The smallest absolute Gasteiger partial charge is 0.191 e. The van der Waals surface area contributed by atoms with Crippen molar-refractivity contribution < 1.29 is 9.84 Å². The molecule has 0 aromatic heterocycles. The third kappa shape index (κ3) is 7.31. The number of aliphatic hydroxyl groups is 1. The molecule has 1 rings (SSSR count). The van der Waals surface area contributed by atoms with E-state index in [1.54, 1.807) is 7.11 Å². The Balaban J connectivity index is 0.00000441. The molecule has 0 saturated heterocycles. The molecule has 1 aromatic rings. The van der Waals surface area contributed by atoms with Gasteiger partial charge in [-0.25, -0.2) is 0 Å². The van der Waals surface area contributed by atoms with Crippen LogP contribution in [0.5, 0.6) is 5.75 Å². The lowest BCUT2D eigenvalue weighted by atomic mass is 10.1. The summed E-state index contributed by atoms with van der Waals surface area (Å²) < 4.78 is 5.11. The quantitative estimate of drug-likeness (QED) is 0.360. The monoisotopic (exact) mass is 421 g/mol. The van der Waals surface area contributed by atoms with E-state index in [1.165, 1.54) is 0 Å². The molecule has 22 heavy (non-hydrogen) atoms. The molecule has 2 atom stereocenters. The molecule has 126 valence electrons. The van der Waals surface area contributed by atoms with Gasteiger partial charge >= 0.3 is 0 Å². The van der Waals surface area contributed by atoms with Crippen LogP contribution >= 0.6 is 24.0 Å². The Hall–Kier alpha value is -1.02. The number of guanidine groups is 1. The average Bonchev–Trinajstić information content (AvgIpc) is 2.52. The number of benzene rings is 1. The highest BCUT2D eigenvalue weighted by Gasteiger charge is 2.08. The van der Waals surface area contributed by atoms with Crippen molar-refractivity contribution in [3.05, 3.63) is 29.8 Å². The highest BCUT2D eigenvalue weighted by Crippen LogP contribution is 2.17. The Kier molecular flexibility index (Phi) is 11.0. The first kappa shape index (κ1) is 21.0. The van der Waals surface area contributed by atoms with Crippen molar-refractivity contribution in [1.82, 2.24) is 10.6 Å². The van der Waals surface area contributed by atoms with Crippen molar-refractivity contribution >= 4 is 29.9 Å². The van der Waals surface area contributed by atoms with Crippen LogP contribution in [0.3, 0.4) is 0 Å². The fourth-order valence-electron chi connectivity index (χ4n) is 1.76. The van der Waals surface area contributed by atoms with E-state index < -0.39 is 6.10 Å². The predicted molar refractivity (Wildman–Crippen MR) is 102 cm³/mol. The molecule has 0 aliphatic carbocycles. The molecule has 0 heterocycles. The van der Waals surface area contributed by atoms with E-state index >= 15 is 0 Å². The van der Waals surface area contributed by atoms with Gasteiger partial charge in [-0.3, -0.25) is 4.99 Å². The molecule has 0 amide bonds. The van der Waals surface area contributed by atoms with Gasteiger partial charge in [0, 0.05) is 12.6 Å². The van der Waals surface area contributed by atoms with E-state index in [1.807, 2.05) is 31.2 Å². The Morgan fingerprint density at radius 2 is 1.91 bits per heavy atom. The summed E-state index contributed by atoms with van der Waals surface area (Å²) in [5.41, 5.74) is 0.832. The molecule has 1 aromatic carbocycles. The Labute approximate surface area is 150 Å². The highest BCUT2D eigenvalue weighted by atomic mass is 127. The molecule has 0 fully saturated rings. The number of nitrogens with zero attached hydrogens (tertiary/aromatic N) is 1. The molecule has 0 aliphatic rings. The molecule has 0 aliphatic heterocycles. The van der Waals surface area contributed by atoms with Crippen LogP contribution in [-0.2, 0) is 0 Å². The van der Waals surface area contributed by atoms with Gasteiger partial charge in [0.1, 0.15) is 5.75 Å². The Morgan fingerprint density at radius 3 is 2.41 bits per heavy atom. The zero-order valence-electron chi connectivity index (χ0n) is 13.8. The van der Waals surface area contributed by atoms with Gasteiger partial charge in [0.25, 0.3) is 0 Å². The zero-order valence-corrected chi connectivity index (χ0v) is 16.1. The zero-order chi connectivity index (χ0) is 15.7. The second kappa shape index (κ2) is 11.5. The molecule has 2 unspecified atom stereocenters. The normalized spacial score (nSPS) is 13.8. The van der Waals surface area contributed by atoms with E-state index in [0.29, 0.717) is 12.6 Å². The molecule has 0 radical (unpaired) electrons. The van der Waals surface area contributed by atoms with Gasteiger partial charge in [0.05, 0.1) is 19.8 Å². The van der Waals surface area contributed by atoms with E-state index in [9.17, 15) is 5.11 Å². The SMILES string of the molecule is CCNC(=NCC(O)c1ccc(OC)cc1)NC(C)CC.I. The Bertz CT molecular complexity index is 438. The summed E-state index contributed by atoms with van der Waals surface area (Å²) in [5, 5.41) is 16.7. The van der Waals surface area contributed by atoms with E-state index in [4.69, 9.17) is 4.74 Å². The minimum absolute atomic E-state index is 0. The van der Waals surface area contributed by atoms with Crippen molar-refractivity contribution in [3.8, 4) is 5.75 Å². The second-order valence-corrected chi connectivity index (χ2v) is 4.96. The van der Waals surface area contributed by atoms with Crippen LogP contribution in [0.15, 0.2) is 29.3 Å². The largest absolute Gasteiger partial charge is 0.497 e.